The molecule has 2 heterocycles. The van der Waals surface area contributed by atoms with Crippen molar-refractivity contribution in [3.05, 3.63) is 48.8 Å². The van der Waals surface area contributed by atoms with Crippen LogP contribution in [0.5, 0.6) is 0 Å². The fourth-order valence-electron chi connectivity index (χ4n) is 2.06. The average molecular weight is 240 g/mol. The van der Waals surface area contributed by atoms with E-state index >= 15 is 0 Å². The molecule has 0 aliphatic rings. The summed E-state index contributed by atoms with van der Waals surface area (Å²) in [4.78, 5) is 8.76. The van der Waals surface area contributed by atoms with Crippen molar-refractivity contribution in [1.29, 1.82) is 0 Å². The Morgan fingerprint density at radius 2 is 1.94 bits per heavy atom. The topological polar surface area (TPSA) is 28.7 Å². The lowest BCUT2D eigenvalue weighted by Crippen LogP contribution is -1.84. The Hall–Kier alpha value is -1.74. The van der Waals surface area contributed by atoms with Gasteiger partial charge < -0.3 is 4.98 Å². The number of hydrogen-bond acceptors (Lipinski definition) is 2. The van der Waals surface area contributed by atoms with Gasteiger partial charge in [-0.05, 0) is 35.6 Å². The highest BCUT2D eigenvalue weighted by molar-refractivity contribution is 7.98. The van der Waals surface area contributed by atoms with Gasteiger partial charge >= 0.3 is 0 Å². The van der Waals surface area contributed by atoms with Gasteiger partial charge in [0.15, 0.2) is 0 Å². The van der Waals surface area contributed by atoms with E-state index in [1.165, 1.54) is 21.4 Å². The molecule has 0 fully saturated rings. The van der Waals surface area contributed by atoms with Gasteiger partial charge in [-0.1, -0.05) is 18.2 Å². The zero-order valence-corrected chi connectivity index (χ0v) is 10.3. The van der Waals surface area contributed by atoms with Crippen LogP contribution in [-0.2, 0) is 0 Å². The molecule has 0 amide bonds. The zero-order chi connectivity index (χ0) is 11.7. The van der Waals surface area contributed by atoms with Crippen LogP contribution < -0.4 is 0 Å². The minimum absolute atomic E-state index is 0.943. The summed E-state index contributed by atoms with van der Waals surface area (Å²) in [7, 11) is 0. The second kappa shape index (κ2) is 4.26. The summed E-state index contributed by atoms with van der Waals surface area (Å²) in [6.45, 7) is 0. The second-order valence-corrected chi connectivity index (χ2v) is 4.65. The van der Waals surface area contributed by atoms with E-state index in [0.29, 0.717) is 0 Å². The van der Waals surface area contributed by atoms with E-state index in [4.69, 9.17) is 0 Å². The number of thioether (sulfide) groups is 1. The molecule has 3 heteroatoms. The maximum atomic E-state index is 4.32. The molecular weight excluding hydrogens is 228 g/mol. The number of rotatable bonds is 2. The molecule has 0 bridgehead atoms. The second-order valence-electron chi connectivity index (χ2n) is 3.80. The monoisotopic (exact) mass is 240 g/mol. The van der Waals surface area contributed by atoms with E-state index < -0.39 is 0 Å². The maximum absolute atomic E-state index is 4.32. The highest BCUT2D eigenvalue weighted by Crippen LogP contribution is 2.33. The Kier molecular flexibility index (Phi) is 2.61. The molecule has 2 aromatic heterocycles. The smallest absolute Gasteiger partial charge is 0.137 e. The molecule has 0 aliphatic carbocycles. The third-order valence-corrected chi connectivity index (χ3v) is 3.65. The summed E-state index contributed by atoms with van der Waals surface area (Å²) in [5.74, 6) is 0. The first-order valence-electron chi connectivity index (χ1n) is 5.45. The molecule has 0 saturated carbocycles. The van der Waals surface area contributed by atoms with Crippen LogP contribution in [0.15, 0.2) is 53.7 Å². The average Bonchev–Trinajstić information content (AvgIpc) is 2.86. The molecule has 1 aromatic carbocycles. The van der Waals surface area contributed by atoms with E-state index in [0.717, 1.165) is 5.65 Å². The van der Waals surface area contributed by atoms with Crippen LogP contribution in [0.1, 0.15) is 0 Å². The molecule has 0 spiro atoms. The molecule has 84 valence electrons. The van der Waals surface area contributed by atoms with Gasteiger partial charge in [-0.25, -0.2) is 4.98 Å². The molecule has 0 saturated heterocycles. The minimum atomic E-state index is 0.943. The third kappa shape index (κ3) is 1.72. The van der Waals surface area contributed by atoms with Crippen LogP contribution in [0, 0.1) is 0 Å². The van der Waals surface area contributed by atoms with Gasteiger partial charge in [-0.15, -0.1) is 11.8 Å². The lowest BCUT2D eigenvalue weighted by Gasteiger charge is -2.08. The van der Waals surface area contributed by atoms with E-state index in [2.05, 4.69) is 52.6 Å². The molecule has 3 aromatic rings. The summed E-state index contributed by atoms with van der Waals surface area (Å²) < 4.78 is 0. The highest BCUT2D eigenvalue weighted by Gasteiger charge is 2.08. The molecule has 3 rings (SSSR count). The van der Waals surface area contributed by atoms with Crippen molar-refractivity contribution in [2.24, 2.45) is 0 Å². The fraction of sp³-hybridized carbons (Fsp3) is 0.0714. The minimum Gasteiger partial charge on any atom is -0.346 e. The Labute approximate surface area is 104 Å². The van der Waals surface area contributed by atoms with Crippen molar-refractivity contribution in [2.75, 3.05) is 6.26 Å². The first-order valence-corrected chi connectivity index (χ1v) is 6.68. The van der Waals surface area contributed by atoms with Gasteiger partial charge in [0.2, 0.25) is 0 Å². The molecule has 17 heavy (non-hydrogen) atoms. The number of nitrogens with zero attached hydrogens (tertiary/aromatic N) is 1. The van der Waals surface area contributed by atoms with Crippen molar-refractivity contribution in [3.63, 3.8) is 0 Å². The first kappa shape index (κ1) is 10.4. The van der Waals surface area contributed by atoms with E-state index in [9.17, 15) is 0 Å². The van der Waals surface area contributed by atoms with Crippen LogP contribution in [0.3, 0.4) is 0 Å². The third-order valence-electron chi connectivity index (χ3n) is 2.86. The summed E-state index contributed by atoms with van der Waals surface area (Å²) >= 11 is 1.77. The number of H-pyrrole nitrogens is 1. The molecular formula is C14H12N2S. The molecule has 0 aliphatic heterocycles. The van der Waals surface area contributed by atoms with Gasteiger partial charge in [0.1, 0.15) is 5.65 Å². The Morgan fingerprint density at radius 3 is 2.82 bits per heavy atom. The van der Waals surface area contributed by atoms with Gasteiger partial charge in [-0.3, -0.25) is 0 Å². The van der Waals surface area contributed by atoms with Crippen molar-refractivity contribution in [1.82, 2.24) is 9.97 Å². The molecule has 0 atom stereocenters. The van der Waals surface area contributed by atoms with E-state index in [1.807, 2.05) is 12.4 Å². The molecule has 2 nitrogen and oxygen atoms in total. The van der Waals surface area contributed by atoms with Gasteiger partial charge in [-0.2, -0.15) is 0 Å². The largest absolute Gasteiger partial charge is 0.346 e. The predicted octanol–water partition coefficient (Wildman–Crippen LogP) is 3.95. The Morgan fingerprint density at radius 1 is 1.06 bits per heavy atom. The SMILES string of the molecule is CSc1ccccc1-c1ccnc2[nH]ccc12. The van der Waals surface area contributed by atoms with Crippen LogP contribution in [-0.4, -0.2) is 16.2 Å². The standard InChI is InChI=1S/C14H12N2S/c1-17-13-5-3-2-4-11(13)10-6-8-15-14-12(10)7-9-16-14/h2-9H,1H3,(H,15,16). The summed E-state index contributed by atoms with van der Waals surface area (Å²) in [6, 6.07) is 12.6. The number of nitrogens with one attached hydrogen (secondary N) is 1. The molecule has 0 unspecified atom stereocenters. The number of fused-ring (bicyclic) bond motifs is 1. The van der Waals surface area contributed by atoms with Crippen molar-refractivity contribution < 1.29 is 0 Å². The van der Waals surface area contributed by atoms with Crippen molar-refractivity contribution >= 4 is 22.8 Å². The van der Waals surface area contributed by atoms with E-state index in [-0.39, 0.29) is 0 Å². The predicted molar refractivity (Wildman–Crippen MR) is 73.3 cm³/mol. The number of benzene rings is 1. The van der Waals surface area contributed by atoms with Crippen LogP contribution in [0.4, 0.5) is 0 Å². The summed E-state index contributed by atoms with van der Waals surface area (Å²) in [5, 5.41) is 1.18. The fourth-order valence-corrected chi connectivity index (χ4v) is 2.68. The van der Waals surface area contributed by atoms with Gasteiger partial charge in [0.05, 0.1) is 0 Å². The Bertz CT molecular complexity index is 658. The lowest BCUT2D eigenvalue weighted by atomic mass is 10.0. The van der Waals surface area contributed by atoms with Crippen molar-refractivity contribution in [3.8, 4) is 11.1 Å². The summed E-state index contributed by atoms with van der Waals surface area (Å²) in [6.07, 6.45) is 5.89. The lowest BCUT2D eigenvalue weighted by molar-refractivity contribution is 1.32. The van der Waals surface area contributed by atoms with Crippen molar-refractivity contribution in [2.45, 2.75) is 4.90 Å². The first-order chi connectivity index (χ1) is 8.40. The number of aromatic nitrogens is 2. The van der Waals surface area contributed by atoms with Crippen LogP contribution >= 0.6 is 11.8 Å². The molecule has 1 N–H and O–H groups in total. The number of hydrogen-bond donors (Lipinski definition) is 1. The molecule has 0 radical (unpaired) electrons. The number of pyridine rings is 1. The van der Waals surface area contributed by atoms with Gasteiger partial charge in [0.25, 0.3) is 0 Å². The number of aromatic amines is 1. The summed E-state index contributed by atoms with van der Waals surface area (Å²) in [5.41, 5.74) is 3.45. The highest BCUT2D eigenvalue weighted by atomic mass is 32.2. The zero-order valence-electron chi connectivity index (χ0n) is 9.47. The van der Waals surface area contributed by atoms with E-state index in [1.54, 1.807) is 11.8 Å². The maximum Gasteiger partial charge on any atom is 0.137 e. The normalized spacial score (nSPS) is 10.9. The van der Waals surface area contributed by atoms with Gasteiger partial charge in [0, 0.05) is 22.7 Å². The van der Waals surface area contributed by atoms with Crippen LogP contribution in [0.2, 0.25) is 0 Å². The Balaban J connectivity index is 2.30. The quantitative estimate of drug-likeness (QED) is 0.687. The van der Waals surface area contributed by atoms with Crippen LogP contribution in [0.25, 0.3) is 22.2 Å².